The van der Waals surface area contributed by atoms with Crippen LogP contribution in [0.25, 0.3) is 16.8 Å². The minimum Gasteiger partial charge on any atom is -0.510 e. The Kier molecular flexibility index (Phi) is 5.46. The molecule has 1 aliphatic rings. The van der Waals surface area contributed by atoms with Crippen LogP contribution in [0.15, 0.2) is 29.3 Å². The Labute approximate surface area is 157 Å². The van der Waals surface area contributed by atoms with Crippen LogP contribution < -0.4 is 9.47 Å². The van der Waals surface area contributed by atoms with E-state index in [1.54, 1.807) is 14.2 Å². The largest absolute Gasteiger partial charge is 0.510 e. The molecule has 0 amide bonds. The molecular weight excluding hydrogens is 350 g/mol. The molecular formula is C19H23N3O3S. The molecule has 26 heavy (non-hydrogen) atoms. The van der Waals surface area contributed by atoms with E-state index in [4.69, 9.17) is 14.9 Å². The first-order chi connectivity index (χ1) is 12.6. The van der Waals surface area contributed by atoms with Crippen molar-refractivity contribution in [1.29, 1.82) is 5.41 Å². The van der Waals surface area contributed by atoms with Gasteiger partial charge in [-0.15, -0.1) is 11.3 Å². The first-order valence-electron chi connectivity index (χ1n) is 8.53. The number of thiazole rings is 1. The van der Waals surface area contributed by atoms with Gasteiger partial charge in [0, 0.05) is 23.6 Å². The van der Waals surface area contributed by atoms with Gasteiger partial charge in [0.25, 0.3) is 0 Å². The van der Waals surface area contributed by atoms with Gasteiger partial charge in [-0.05, 0) is 18.6 Å². The quantitative estimate of drug-likeness (QED) is 0.761. The number of amidine groups is 1. The molecule has 0 unspecified atom stereocenters. The van der Waals surface area contributed by atoms with E-state index in [1.807, 2.05) is 28.5 Å². The molecule has 0 spiro atoms. The Bertz CT molecular complexity index is 844. The molecule has 138 valence electrons. The molecule has 2 heterocycles. The van der Waals surface area contributed by atoms with E-state index in [1.165, 1.54) is 11.3 Å². The molecule has 2 aromatic rings. The lowest BCUT2D eigenvalue weighted by Crippen LogP contribution is -2.27. The maximum absolute atomic E-state index is 10.4. The van der Waals surface area contributed by atoms with Crippen molar-refractivity contribution in [3.8, 4) is 22.8 Å². The van der Waals surface area contributed by atoms with Crippen molar-refractivity contribution in [1.82, 2.24) is 9.88 Å². The molecule has 1 aromatic heterocycles. The lowest BCUT2D eigenvalue weighted by atomic mass is 10.1. The van der Waals surface area contributed by atoms with Gasteiger partial charge in [0.1, 0.15) is 28.1 Å². The number of nitrogens with zero attached hydrogens (tertiary/aromatic N) is 2. The molecule has 3 rings (SSSR count). The molecule has 6 nitrogen and oxygen atoms in total. The fourth-order valence-corrected chi connectivity index (χ4v) is 3.81. The number of rotatable bonds is 7. The summed E-state index contributed by atoms with van der Waals surface area (Å²) < 4.78 is 10.7. The summed E-state index contributed by atoms with van der Waals surface area (Å²) in [6, 6.07) is 5.57. The fraction of sp³-hybridized carbons (Fsp3) is 0.368. The van der Waals surface area contributed by atoms with Crippen LogP contribution in [0.1, 0.15) is 24.8 Å². The Balaban J connectivity index is 1.89. The van der Waals surface area contributed by atoms with Crippen LogP contribution in [0.5, 0.6) is 11.5 Å². The third kappa shape index (κ3) is 3.39. The minimum atomic E-state index is 0.216. The highest BCUT2D eigenvalue weighted by Crippen LogP contribution is 2.36. The average molecular weight is 373 g/mol. The number of methoxy groups -OCH3 is 2. The maximum atomic E-state index is 10.4. The number of nitrogens with one attached hydrogen (secondary N) is 1. The first-order valence-corrected chi connectivity index (χ1v) is 9.41. The van der Waals surface area contributed by atoms with Crippen molar-refractivity contribution in [3.05, 3.63) is 34.3 Å². The summed E-state index contributed by atoms with van der Waals surface area (Å²) in [5.41, 5.74) is 2.14. The number of ether oxygens (including phenoxy) is 2. The third-order valence-corrected chi connectivity index (χ3v) is 5.23. The van der Waals surface area contributed by atoms with Crippen LogP contribution in [-0.4, -0.2) is 48.1 Å². The van der Waals surface area contributed by atoms with Crippen molar-refractivity contribution in [3.63, 3.8) is 0 Å². The van der Waals surface area contributed by atoms with Crippen LogP contribution in [-0.2, 0) is 0 Å². The zero-order valence-corrected chi connectivity index (χ0v) is 16.0. The Morgan fingerprint density at radius 1 is 1.31 bits per heavy atom. The highest BCUT2D eigenvalue weighted by atomic mass is 32.1. The Morgan fingerprint density at radius 2 is 2.12 bits per heavy atom. The van der Waals surface area contributed by atoms with Gasteiger partial charge in [0.15, 0.2) is 0 Å². The van der Waals surface area contributed by atoms with E-state index in [0.717, 1.165) is 30.6 Å². The van der Waals surface area contributed by atoms with Gasteiger partial charge in [-0.1, -0.05) is 13.3 Å². The molecule has 1 aliphatic heterocycles. The average Bonchev–Trinajstić information content (AvgIpc) is 3.23. The van der Waals surface area contributed by atoms with Gasteiger partial charge >= 0.3 is 0 Å². The third-order valence-electron chi connectivity index (χ3n) is 4.37. The van der Waals surface area contributed by atoms with Gasteiger partial charge < -0.3 is 19.5 Å². The first kappa shape index (κ1) is 18.3. The van der Waals surface area contributed by atoms with Crippen molar-refractivity contribution in [2.24, 2.45) is 0 Å². The number of benzene rings is 1. The van der Waals surface area contributed by atoms with E-state index < -0.39 is 0 Å². The predicted molar refractivity (Wildman–Crippen MR) is 104 cm³/mol. The summed E-state index contributed by atoms with van der Waals surface area (Å²) in [6.45, 7) is 3.27. The summed E-state index contributed by atoms with van der Waals surface area (Å²) in [4.78, 5) is 6.55. The van der Waals surface area contributed by atoms with E-state index >= 15 is 0 Å². The van der Waals surface area contributed by atoms with E-state index in [-0.39, 0.29) is 5.76 Å². The second kappa shape index (κ2) is 7.78. The second-order valence-electron chi connectivity index (χ2n) is 6.05. The lowest BCUT2D eigenvalue weighted by molar-refractivity contribution is 0.347. The van der Waals surface area contributed by atoms with Crippen LogP contribution in [0, 0.1) is 5.41 Å². The number of unbranched alkanes of at least 4 members (excludes halogenated alkanes) is 1. The summed E-state index contributed by atoms with van der Waals surface area (Å²) in [6.07, 6.45) is 2.05. The van der Waals surface area contributed by atoms with E-state index in [2.05, 4.69) is 11.9 Å². The second-order valence-corrected chi connectivity index (χ2v) is 6.91. The molecule has 0 saturated heterocycles. The number of aliphatic hydroxyl groups excluding tert-OH is 1. The molecule has 7 heteroatoms. The number of hydrogen-bond donors (Lipinski definition) is 2. The van der Waals surface area contributed by atoms with Crippen LogP contribution in [0.3, 0.4) is 0 Å². The molecule has 0 fully saturated rings. The SMILES string of the molecule is CCCCN1CC(O)=C(c2nc(-c3ccc(OC)cc3OC)cs2)C1=N. The van der Waals surface area contributed by atoms with Gasteiger partial charge in [-0.3, -0.25) is 5.41 Å². The summed E-state index contributed by atoms with van der Waals surface area (Å²) >= 11 is 1.42. The lowest BCUT2D eigenvalue weighted by Gasteiger charge is -2.17. The topological polar surface area (TPSA) is 78.7 Å². The Hall–Kier alpha value is -2.54. The fourth-order valence-electron chi connectivity index (χ4n) is 2.92. The normalized spacial score (nSPS) is 14.3. The van der Waals surface area contributed by atoms with E-state index in [0.29, 0.717) is 34.5 Å². The summed E-state index contributed by atoms with van der Waals surface area (Å²) in [7, 11) is 3.22. The standard InChI is InChI=1S/C19H23N3O3S/c1-4-5-8-22-10-15(23)17(18(22)20)19-21-14(11-26-19)13-7-6-12(24-2)9-16(13)25-3/h6-7,9,11,20,23H,4-5,8,10H2,1-3H3. The van der Waals surface area contributed by atoms with E-state index in [9.17, 15) is 5.11 Å². The highest BCUT2D eigenvalue weighted by molar-refractivity contribution is 7.11. The number of aliphatic hydroxyl groups is 1. The predicted octanol–water partition coefficient (Wildman–Crippen LogP) is 4.19. The van der Waals surface area contributed by atoms with Crippen molar-refractivity contribution in [2.75, 3.05) is 27.3 Å². The number of hydrogen-bond acceptors (Lipinski definition) is 6. The zero-order chi connectivity index (χ0) is 18.7. The van der Waals surface area contributed by atoms with Gasteiger partial charge in [-0.2, -0.15) is 0 Å². The zero-order valence-electron chi connectivity index (χ0n) is 15.2. The van der Waals surface area contributed by atoms with Gasteiger partial charge in [-0.25, -0.2) is 4.98 Å². The molecule has 0 radical (unpaired) electrons. The number of aromatic nitrogens is 1. The molecule has 2 N–H and O–H groups in total. The monoisotopic (exact) mass is 373 g/mol. The van der Waals surface area contributed by atoms with Gasteiger partial charge in [0.2, 0.25) is 0 Å². The summed E-state index contributed by atoms with van der Waals surface area (Å²) in [5, 5.41) is 21.3. The minimum absolute atomic E-state index is 0.216. The van der Waals surface area contributed by atoms with Crippen molar-refractivity contribution in [2.45, 2.75) is 19.8 Å². The Morgan fingerprint density at radius 3 is 2.81 bits per heavy atom. The van der Waals surface area contributed by atoms with Crippen molar-refractivity contribution < 1.29 is 14.6 Å². The van der Waals surface area contributed by atoms with Gasteiger partial charge in [0.05, 0.1) is 32.0 Å². The smallest absolute Gasteiger partial charge is 0.135 e. The molecule has 0 aliphatic carbocycles. The van der Waals surface area contributed by atoms with Crippen LogP contribution in [0.4, 0.5) is 0 Å². The highest BCUT2D eigenvalue weighted by Gasteiger charge is 2.30. The summed E-state index contributed by atoms with van der Waals surface area (Å²) in [5.74, 6) is 1.95. The molecule has 0 saturated carbocycles. The van der Waals surface area contributed by atoms with Crippen molar-refractivity contribution >= 4 is 22.7 Å². The maximum Gasteiger partial charge on any atom is 0.135 e. The molecule has 0 bridgehead atoms. The molecule has 1 aromatic carbocycles. The molecule has 0 atom stereocenters. The van der Waals surface area contributed by atoms with Crippen LogP contribution in [0.2, 0.25) is 0 Å². The van der Waals surface area contributed by atoms with Crippen LogP contribution >= 0.6 is 11.3 Å².